The van der Waals surface area contributed by atoms with Gasteiger partial charge in [0.15, 0.2) is 11.5 Å². The molecule has 8 heteroatoms. The first-order valence-electron chi connectivity index (χ1n) is 4.25. The standard InChI is InChI=1S/C9H7ClF3NO3/c1-4-6(17-9(11,12)13)7(16-2)5(3-14-4)8(10)15/h3H,1-2H3. The molecule has 0 unspecified atom stereocenters. The molecule has 1 aromatic rings. The second-order valence-corrected chi connectivity index (χ2v) is 3.28. The summed E-state index contributed by atoms with van der Waals surface area (Å²) in [6, 6.07) is 0. The predicted molar refractivity (Wildman–Crippen MR) is 52.4 cm³/mol. The fourth-order valence-corrected chi connectivity index (χ4v) is 1.28. The number of rotatable bonds is 3. The van der Waals surface area contributed by atoms with Gasteiger partial charge in [0.05, 0.1) is 18.4 Å². The van der Waals surface area contributed by atoms with Crippen LogP contribution >= 0.6 is 11.6 Å². The van der Waals surface area contributed by atoms with E-state index in [4.69, 9.17) is 16.3 Å². The number of nitrogens with zero attached hydrogens (tertiary/aromatic N) is 1. The maximum atomic E-state index is 12.1. The molecule has 0 saturated heterocycles. The third-order valence-corrected chi connectivity index (χ3v) is 2.00. The summed E-state index contributed by atoms with van der Waals surface area (Å²) in [5, 5.41) is -0.985. The Hall–Kier alpha value is -1.50. The highest BCUT2D eigenvalue weighted by Gasteiger charge is 2.34. The molecule has 0 fully saturated rings. The van der Waals surface area contributed by atoms with Crippen molar-refractivity contribution >= 4 is 16.8 Å². The lowest BCUT2D eigenvalue weighted by atomic mass is 10.2. The molecule has 0 spiro atoms. The van der Waals surface area contributed by atoms with Gasteiger partial charge >= 0.3 is 6.36 Å². The maximum absolute atomic E-state index is 12.1. The monoisotopic (exact) mass is 269 g/mol. The molecule has 0 radical (unpaired) electrons. The highest BCUT2D eigenvalue weighted by Crippen LogP contribution is 2.37. The minimum absolute atomic E-state index is 0.0687. The van der Waals surface area contributed by atoms with E-state index in [0.717, 1.165) is 13.3 Å². The lowest BCUT2D eigenvalue weighted by molar-refractivity contribution is -0.275. The molecule has 4 nitrogen and oxygen atoms in total. The minimum atomic E-state index is -4.91. The quantitative estimate of drug-likeness (QED) is 0.792. The van der Waals surface area contributed by atoms with Crippen LogP contribution in [0.15, 0.2) is 6.20 Å². The third-order valence-electron chi connectivity index (χ3n) is 1.80. The van der Waals surface area contributed by atoms with Crippen LogP contribution in [0.4, 0.5) is 13.2 Å². The summed E-state index contributed by atoms with van der Waals surface area (Å²) in [6.45, 7) is 1.28. The van der Waals surface area contributed by atoms with Gasteiger partial charge in [-0.05, 0) is 18.5 Å². The average Bonchev–Trinajstić information content (AvgIpc) is 2.18. The Morgan fingerprint density at radius 1 is 1.41 bits per heavy atom. The van der Waals surface area contributed by atoms with Gasteiger partial charge in [-0.15, -0.1) is 13.2 Å². The first kappa shape index (κ1) is 13.6. The largest absolute Gasteiger partial charge is 0.573 e. The summed E-state index contributed by atoms with van der Waals surface area (Å²) in [6.07, 6.45) is -3.89. The molecule has 0 aromatic carbocycles. The fourth-order valence-electron chi connectivity index (χ4n) is 1.14. The van der Waals surface area contributed by atoms with Gasteiger partial charge in [0.2, 0.25) is 0 Å². The maximum Gasteiger partial charge on any atom is 0.573 e. The van der Waals surface area contributed by atoms with E-state index in [1.807, 2.05) is 0 Å². The lowest BCUT2D eigenvalue weighted by Crippen LogP contribution is -2.19. The number of aromatic nitrogens is 1. The lowest BCUT2D eigenvalue weighted by Gasteiger charge is -2.15. The molecule has 0 N–H and O–H groups in total. The molecule has 17 heavy (non-hydrogen) atoms. The van der Waals surface area contributed by atoms with Gasteiger partial charge in [0.25, 0.3) is 5.24 Å². The van der Waals surface area contributed by atoms with Crippen molar-refractivity contribution in [3.05, 3.63) is 17.5 Å². The first-order chi connectivity index (χ1) is 7.76. The molecule has 0 bridgehead atoms. The Labute approximate surface area is 99.3 Å². The normalized spacial score (nSPS) is 11.2. The summed E-state index contributed by atoms with van der Waals surface area (Å²) in [5.74, 6) is -1.07. The van der Waals surface area contributed by atoms with Crippen LogP contribution in [-0.4, -0.2) is 23.7 Å². The van der Waals surface area contributed by atoms with Crippen molar-refractivity contribution in [1.82, 2.24) is 4.98 Å². The molecule has 1 rings (SSSR count). The Morgan fingerprint density at radius 3 is 2.41 bits per heavy atom. The molecule has 0 atom stereocenters. The van der Waals surface area contributed by atoms with Gasteiger partial charge in [-0.3, -0.25) is 9.78 Å². The second kappa shape index (κ2) is 4.79. The number of carbonyl (C=O) groups is 1. The van der Waals surface area contributed by atoms with E-state index in [9.17, 15) is 18.0 Å². The Bertz CT molecular complexity index is 448. The summed E-state index contributed by atoms with van der Waals surface area (Å²) in [4.78, 5) is 14.5. The molecule has 94 valence electrons. The van der Waals surface area contributed by atoms with E-state index in [1.165, 1.54) is 6.92 Å². The van der Waals surface area contributed by atoms with Gasteiger partial charge < -0.3 is 9.47 Å². The third kappa shape index (κ3) is 3.23. The number of carbonyl (C=O) groups excluding carboxylic acids is 1. The molecule has 0 aliphatic heterocycles. The van der Waals surface area contributed by atoms with Gasteiger partial charge in [-0.2, -0.15) is 0 Å². The van der Waals surface area contributed by atoms with E-state index >= 15 is 0 Å². The van der Waals surface area contributed by atoms with Crippen molar-refractivity contribution in [3.8, 4) is 11.5 Å². The van der Waals surface area contributed by atoms with Crippen molar-refractivity contribution in [2.24, 2.45) is 0 Å². The molecular formula is C9H7ClF3NO3. The average molecular weight is 270 g/mol. The van der Waals surface area contributed by atoms with E-state index in [1.54, 1.807) is 0 Å². The van der Waals surface area contributed by atoms with Crippen LogP contribution in [0.5, 0.6) is 11.5 Å². The number of aryl methyl sites for hydroxylation is 1. The first-order valence-corrected chi connectivity index (χ1v) is 4.63. The molecular weight excluding hydrogens is 263 g/mol. The van der Waals surface area contributed by atoms with Crippen LogP contribution < -0.4 is 9.47 Å². The number of alkyl halides is 3. The summed E-state index contributed by atoms with van der Waals surface area (Å²) in [5.41, 5.74) is -0.361. The molecule has 0 amide bonds. The minimum Gasteiger partial charge on any atom is -0.492 e. The van der Waals surface area contributed by atoms with Crippen molar-refractivity contribution in [1.29, 1.82) is 0 Å². The van der Waals surface area contributed by atoms with E-state index in [0.29, 0.717) is 0 Å². The topological polar surface area (TPSA) is 48.4 Å². The number of hydrogen-bond acceptors (Lipinski definition) is 4. The van der Waals surface area contributed by atoms with Crippen LogP contribution in [0.2, 0.25) is 0 Å². The smallest absolute Gasteiger partial charge is 0.492 e. The van der Waals surface area contributed by atoms with E-state index in [2.05, 4.69) is 9.72 Å². The molecule has 0 saturated carbocycles. The number of hydrogen-bond donors (Lipinski definition) is 0. The van der Waals surface area contributed by atoms with Gasteiger partial charge in [0.1, 0.15) is 0 Å². The van der Waals surface area contributed by atoms with Crippen molar-refractivity contribution in [2.45, 2.75) is 13.3 Å². The molecule has 1 heterocycles. The van der Waals surface area contributed by atoms with Crippen molar-refractivity contribution < 1.29 is 27.4 Å². The van der Waals surface area contributed by atoms with E-state index in [-0.39, 0.29) is 11.3 Å². The van der Waals surface area contributed by atoms with Crippen LogP contribution in [0, 0.1) is 6.92 Å². The molecule has 0 aliphatic rings. The SMILES string of the molecule is COc1c(C(=O)Cl)cnc(C)c1OC(F)(F)F. The van der Waals surface area contributed by atoms with E-state index < -0.39 is 23.1 Å². The summed E-state index contributed by atoms with van der Waals surface area (Å²) in [7, 11) is 1.10. The van der Waals surface area contributed by atoms with Crippen LogP contribution in [0.1, 0.15) is 16.1 Å². The summed E-state index contributed by atoms with van der Waals surface area (Å²) < 4.78 is 44.9. The zero-order valence-corrected chi connectivity index (χ0v) is 9.52. The Morgan fingerprint density at radius 2 is 2.00 bits per heavy atom. The number of halogens is 4. The number of pyridine rings is 1. The predicted octanol–water partition coefficient (Wildman–Crippen LogP) is 2.68. The molecule has 1 aromatic heterocycles. The van der Waals surface area contributed by atoms with Gasteiger partial charge in [-0.1, -0.05) is 0 Å². The highest BCUT2D eigenvalue weighted by molar-refractivity contribution is 6.68. The Balaban J connectivity index is 3.35. The Kier molecular flexibility index (Phi) is 3.82. The van der Waals surface area contributed by atoms with Crippen LogP contribution in [-0.2, 0) is 0 Å². The zero-order valence-electron chi connectivity index (χ0n) is 8.76. The molecule has 0 aliphatic carbocycles. The van der Waals surface area contributed by atoms with Crippen molar-refractivity contribution in [3.63, 3.8) is 0 Å². The van der Waals surface area contributed by atoms with Gasteiger partial charge in [-0.25, -0.2) is 0 Å². The summed E-state index contributed by atoms with van der Waals surface area (Å²) >= 11 is 5.19. The van der Waals surface area contributed by atoms with Crippen LogP contribution in [0.25, 0.3) is 0 Å². The van der Waals surface area contributed by atoms with Gasteiger partial charge in [0, 0.05) is 6.20 Å². The number of methoxy groups -OCH3 is 1. The second-order valence-electron chi connectivity index (χ2n) is 2.94. The highest BCUT2D eigenvalue weighted by atomic mass is 35.5. The van der Waals surface area contributed by atoms with Crippen LogP contribution in [0.3, 0.4) is 0 Å². The van der Waals surface area contributed by atoms with Crippen molar-refractivity contribution in [2.75, 3.05) is 7.11 Å². The fraction of sp³-hybridized carbons (Fsp3) is 0.333. The number of ether oxygens (including phenoxy) is 2. The zero-order chi connectivity index (χ0) is 13.2.